The number of hydrogen-bond acceptors (Lipinski definition) is 7. The number of nitrogens with zero attached hydrogens (tertiary/aromatic N) is 2. The third-order valence-corrected chi connectivity index (χ3v) is 5.87. The van der Waals surface area contributed by atoms with Gasteiger partial charge in [0.1, 0.15) is 18.0 Å². The largest absolute Gasteiger partial charge is 0.497 e. The van der Waals surface area contributed by atoms with Gasteiger partial charge in [0.15, 0.2) is 6.61 Å². The summed E-state index contributed by atoms with van der Waals surface area (Å²) >= 11 is 1.02. The van der Waals surface area contributed by atoms with Crippen LogP contribution in [0.25, 0.3) is 0 Å². The van der Waals surface area contributed by atoms with Crippen molar-refractivity contribution in [3.8, 4) is 11.5 Å². The third-order valence-electron chi connectivity index (χ3n) is 4.99. The predicted octanol–water partition coefficient (Wildman–Crippen LogP) is 2.14. The molecule has 0 aliphatic carbocycles. The van der Waals surface area contributed by atoms with Crippen LogP contribution in [0.3, 0.4) is 0 Å². The lowest BCUT2D eigenvalue weighted by molar-refractivity contribution is -0.153. The van der Waals surface area contributed by atoms with Crippen molar-refractivity contribution in [3.63, 3.8) is 0 Å². The molecule has 156 valence electrons. The summed E-state index contributed by atoms with van der Waals surface area (Å²) in [6.45, 7) is 1.76. The number of likely N-dealkylation sites (tertiary alicyclic amines) is 1. The molecule has 1 saturated heterocycles. The molecule has 0 N–H and O–H groups in total. The van der Waals surface area contributed by atoms with Crippen LogP contribution in [0.5, 0.6) is 11.5 Å². The van der Waals surface area contributed by atoms with E-state index in [4.69, 9.17) is 14.2 Å². The highest BCUT2D eigenvalue weighted by molar-refractivity contribution is 7.07. The van der Waals surface area contributed by atoms with Gasteiger partial charge in [-0.2, -0.15) is 0 Å². The van der Waals surface area contributed by atoms with Gasteiger partial charge < -0.3 is 19.1 Å². The molecule has 0 spiro atoms. The van der Waals surface area contributed by atoms with Crippen LogP contribution in [0.4, 0.5) is 0 Å². The Morgan fingerprint density at radius 2 is 2.03 bits per heavy atom. The van der Waals surface area contributed by atoms with Crippen molar-refractivity contribution in [1.29, 1.82) is 0 Å². The summed E-state index contributed by atoms with van der Waals surface area (Å²) < 4.78 is 17.2. The molecule has 0 saturated carbocycles. The summed E-state index contributed by atoms with van der Waals surface area (Å²) in [6.07, 6.45) is 1.63. The Kier molecular flexibility index (Phi) is 6.58. The van der Waals surface area contributed by atoms with E-state index in [9.17, 15) is 14.4 Å². The lowest BCUT2D eigenvalue weighted by atomic mass is 10.0. The average molecular weight is 420 g/mol. The van der Waals surface area contributed by atoms with Gasteiger partial charge in [0.25, 0.3) is 5.91 Å². The summed E-state index contributed by atoms with van der Waals surface area (Å²) in [5.74, 6) is 0.472. The van der Waals surface area contributed by atoms with Gasteiger partial charge in [-0.1, -0.05) is 11.3 Å². The third kappa shape index (κ3) is 4.61. The van der Waals surface area contributed by atoms with Crippen LogP contribution < -0.4 is 14.3 Å². The molecule has 1 aliphatic rings. The summed E-state index contributed by atoms with van der Waals surface area (Å²) in [6, 6.07) is 5.32. The minimum absolute atomic E-state index is 0.173. The number of hydrogen-bond donors (Lipinski definition) is 0. The Hall–Kier alpha value is -2.81. The van der Waals surface area contributed by atoms with E-state index < -0.39 is 5.97 Å². The maximum Gasteiger partial charge on any atom is 0.326 e. The average Bonchev–Trinajstić information content (AvgIpc) is 3.34. The lowest BCUT2D eigenvalue weighted by Gasteiger charge is -2.26. The van der Waals surface area contributed by atoms with E-state index in [2.05, 4.69) is 0 Å². The van der Waals surface area contributed by atoms with Gasteiger partial charge in [0.2, 0.25) is 0 Å². The molecular weight excluding hydrogens is 396 g/mol. The molecule has 1 aliphatic heterocycles. The number of carbonyl (C=O) groups excluding carboxylic acids is 2. The van der Waals surface area contributed by atoms with Gasteiger partial charge in [-0.05, 0) is 38.0 Å². The first-order valence-electron chi connectivity index (χ1n) is 9.26. The topological polar surface area (TPSA) is 87.1 Å². The van der Waals surface area contributed by atoms with Gasteiger partial charge in [-0.15, -0.1) is 0 Å². The van der Waals surface area contributed by atoms with E-state index in [0.717, 1.165) is 29.7 Å². The van der Waals surface area contributed by atoms with Gasteiger partial charge in [0, 0.05) is 23.2 Å². The molecular formula is C20H24N2O6S. The van der Waals surface area contributed by atoms with E-state index in [0.29, 0.717) is 23.7 Å². The van der Waals surface area contributed by atoms with E-state index in [1.807, 2.05) is 12.1 Å². The Bertz CT molecular complexity index is 951. The monoisotopic (exact) mass is 420 g/mol. The molecule has 9 heteroatoms. The van der Waals surface area contributed by atoms with Crippen LogP contribution in [0.2, 0.25) is 0 Å². The van der Waals surface area contributed by atoms with Crippen LogP contribution in [0.1, 0.15) is 30.1 Å². The van der Waals surface area contributed by atoms with Crippen molar-refractivity contribution < 1.29 is 23.8 Å². The zero-order valence-corrected chi connectivity index (χ0v) is 17.5. The van der Waals surface area contributed by atoms with E-state index in [1.165, 1.54) is 4.57 Å². The van der Waals surface area contributed by atoms with E-state index in [-0.39, 0.29) is 30.0 Å². The van der Waals surface area contributed by atoms with Gasteiger partial charge in [-0.3, -0.25) is 19.0 Å². The summed E-state index contributed by atoms with van der Waals surface area (Å²) in [5, 5.41) is 1.68. The molecule has 0 bridgehead atoms. The summed E-state index contributed by atoms with van der Waals surface area (Å²) in [4.78, 5) is 38.0. The molecule has 8 nitrogen and oxygen atoms in total. The number of aromatic nitrogens is 1. The number of ether oxygens (including phenoxy) is 3. The molecule has 1 aromatic carbocycles. The zero-order valence-electron chi connectivity index (χ0n) is 16.7. The molecule has 29 heavy (non-hydrogen) atoms. The van der Waals surface area contributed by atoms with Crippen LogP contribution in [-0.2, 0) is 20.9 Å². The second kappa shape index (κ2) is 9.13. The second-order valence-corrected chi connectivity index (χ2v) is 7.56. The molecule has 1 aromatic heterocycles. The quantitative estimate of drug-likeness (QED) is 0.638. The number of esters is 1. The van der Waals surface area contributed by atoms with Crippen LogP contribution >= 0.6 is 11.3 Å². The molecule has 1 fully saturated rings. The highest BCUT2D eigenvalue weighted by Crippen LogP contribution is 2.38. The van der Waals surface area contributed by atoms with Crippen molar-refractivity contribution in [2.75, 3.05) is 27.4 Å². The molecule has 0 unspecified atom stereocenters. The van der Waals surface area contributed by atoms with E-state index in [1.54, 1.807) is 37.5 Å². The van der Waals surface area contributed by atoms with Crippen molar-refractivity contribution >= 4 is 23.2 Å². The van der Waals surface area contributed by atoms with Gasteiger partial charge in [0.05, 0.1) is 20.3 Å². The number of thiazole rings is 1. The van der Waals surface area contributed by atoms with Gasteiger partial charge in [-0.25, -0.2) is 0 Å². The number of amides is 1. The molecule has 1 amide bonds. The van der Waals surface area contributed by atoms with Crippen molar-refractivity contribution in [2.45, 2.75) is 32.4 Å². The Balaban J connectivity index is 1.66. The summed E-state index contributed by atoms with van der Waals surface area (Å²) in [5.41, 5.74) is 1.55. The van der Waals surface area contributed by atoms with Crippen LogP contribution in [-0.4, -0.2) is 48.7 Å². The number of aryl methyl sites for hydroxylation is 1. The first kappa shape index (κ1) is 20.9. The molecule has 1 atom stereocenters. The lowest BCUT2D eigenvalue weighted by Crippen LogP contribution is -2.35. The first-order valence-corrected chi connectivity index (χ1v) is 10.1. The number of carbonyl (C=O) groups is 2. The molecule has 0 radical (unpaired) electrons. The maximum atomic E-state index is 12.7. The predicted molar refractivity (Wildman–Crippen MR) is 108 cm³/mol. The highest BCUT2D eigenvalue weighted by Gasteiger charge is 2.32. The minimum Gasteiger partial charge on any atom is -0.497 e. The van der Waals surface area contributed by atoms with Gasteiger partial charge >= 0.3 is 10.8 Å². The van der Waals surface area contributed by atoms with E-state index >= 15 is 0 Å². The van der Waals surface area contributed by atoms with Crippen LogP contribution in [0.15, 0.2) is 28.4 Å². The second-order valence-electron chi connectivity index (χ2n) is 6.74. The number of rotatable bonds is 7. The fraction of sp³-hybridized carbons (Fsp3) is 0.450. The Labute approximate surface area is 172 Å². The number of benzene rings is 1. The molecule has 2 heterocycles. The number of methoxy groups -OCH3 is 2. The van der Waals surface area contributed by atoms with Crippen LogP contribution in [0, 0.1) is 6.92 Å². The molecule has 3 rings (SSSR count). The SMILES string of the molecule is COc1ccc(OC)c([C@H]2CCCN2C(=O)COC(=O)Cn2c(C)csc2=O)c1. The highest BCUT2D eigenvalue weighted by atomic mass is 32.1. The minimum atomic E-state index is -0.614. The first-order chi connectivity index (χ1) is 13.9. The Morgan fingerprint density at radius 1 is 1.24 bits per heavy atom. The standard InChI is InChI=1S/C20H24N2O6S/c1-13-12-29-20(25)22(13)10-19(24)28-11-18(23)21-8-4-5-16(21)15-9-14(26-2)6-7-17(15)27-3/h6-7,9,12,16H,4-5,8,10-11H2,1-3H3/t16-/m1/s1. The maximum absolute atomic E-state index is 12.7. The normalized spacial score (nSPS) is 16.0. The molecule has 2 aromatic rings. The Morgan fingerprint density at radius 3 is 2.69 bits per heavy atom. The van der Waals surface area contributed by atoms with Crippen molar-refractivity contribution in [3.05, 3.63) is 44.5 Å². The fourth-order valence-electron chi connectivity index (χ4n) is 3.48. The van der Waals surface area contributed by atoms with Crippen molar-refractivity contribution in [2.24, 2.45) is 0 Å². The smallest absolute Gasteiger partial charge is 0.326 e. The fourth-order valence-corrected chi connectivity index (χ4v) is 4.22. The van der Waals surface area contributed by atoms with Crippen molar-refractivity contribution in [1.82, 2.24) is 9.47 Å². The zero-order chi connectivity index (χ0) is 21.0. The summed E-state index contributed by atoms with van der Waals surface area (Å²) in [7, 11) is 3.17.